The number of carbonyl (C=O) groups excluding carboxylic acids is 1. The average molecular weight is 298 g/mol. The first kappa shape index (κ1) is 15.6. The second-order valence-electron chi connectivity index (χ2n) is 5.03. The zero-order valence-electron chi connectivity index (χ0n) is 12.6. The maximum atomic E-state index is 12.1. The highest BCUT2D eigenvalue weighted by molar-refractivity contribution is 5.80. The van der Waals surface area contributed by atoms with Crippen LogP contribution >= 0.6 is 0 Å². The largest absolute Gasteiger partial charge is 0.481 e. The van der Waals surface area contributed by atoms with Crippen molar-refractivity contribution in [1.29, 1.82) is 5.26 Å². The van der Waals surface area contributed by atoms with Gasteiger partial charge in [-0.1, -0.05) is 0 Å². The SMILES string of the molecule is C[C@@H](Cn1cccn1)NC(=O)[C@@H](C)Oc1ccc(C#N)cc1. The van der Waals surface area contributed by atoms with Crippen LogP contribution in [0.25, 0.3) is 0 Å². The molecule has 1 N–H and O–H groups in total. The summed E-state index contributed by atoms with van der Waals surface area (Å²) in [6, 6.07) is 10.5. The Morgan fingerprint density at radius 3 is 2.73 bits per heavy atom. The van der Waals surface area contributed by atoms with Crippen LogP contribution in [0.3, 0.4) is 0 Å². The number of hydrogen-bond acceptors (Lipinski definition) is 4. The van der Waals surface area contributed by atoms with Gasteiger partial charge in [0.25, 0.3) is 5.91 Å². The molecule has 22 heavy (non-hydrogen) atoms. The lowest BCUT2D eigenvalue weighted by molar-refractivity contribution is -0.128. The summed E-state index contributed by atoms with van der Waals surface area (Å²) in [6.07, 6.45) is 2.93. The number of nitriles is 1. The van der Waals surface area contributed by atoms with Gasteiger partial charge in [-0.2, -0.15) is 10.4 Å². The Bertz CT molecular complexity index is 644. The molecule has 0 aliphatic heterocycles. The zero-order chi connectivity index (χ0) is 15.9. The number of nitrogens with one attached hydrogen (secondary N) is 1. The van der Waals surface area contributed by atoms with Crippen LogP contribution in [0.4, 0.5) is 0 Å². The second kappa shape index (κ2) is 7.27. The highest BCUT2D eigenvalue weighted by Crippen LogP contribution is 2.13. The molecule has 1 heterocycles. The molecule has 1 aromatic heterocycles. The predicted octanol–water partition coefficient (Wildman–Crippen LogP) is 1.73. The van der Waals surface area contributed by atoms with E-state index in [1.54, 1.807) is 42.1 Å². The van der Waals surface area contributed by atoms with Crippen LogP contribution in [0.1, 0.15) is 19.4 Å². The molecule has 0 saturated carbocycles. The van der Waals surface area contributed by atoms with Gasteiger partial charge < -0.3 is 10.1 Å². The van der Waals surface area contributed by atoms with Crippen LogP contribution in [0.5, 0.6) is 5.75 Å². The lowest BCUT2D eigenvalue weighted by atomic mass is 10.2. The third-order valence-electron chi connectivity index (χ3n) is 3.07. The predicted molar refractivity (Wildman–Crippen MR) is 81.1 cm³/mol. The number of benzene rings is 1. The van der Waals surface area contributed by atoms with Gasteiger partial charge in [-0.05, 0) is 44.2 Å². The van der Waals surface area contributed by atoms with Gasteiger partial charge >= 0.3 is 0 Å². The number of amides is 1. The van der Waals surface area contributed by atoms with Gasteiger partial charge in [-0.25, -0.2) is 0 Å². The normalized spacial score (nSPS) is 13.0. The number of rotatable bonds is 6. The Morgan fingerprint density at radius 1 is 1.41 bits per heavy atom. The molecule has 0 bridgehead atoms. The van der Waals surface area contributed by atoms with Crippen molar-refractivity contribution in [2.45, 2.75) is 32.5 Å². The van der Waals surface area contributed by atoms with E-state index in [9.17, 15) is 4.79 Å². The van der Waals surface area contributed by atoms with E-state index in [2.05, 4.69) is 10.4 Å². The Balaban J connectivity index is 1.84. The van der Waals surface area contributed by atoms with E-state index in [0.717, 1.165) is 0 Å². The Hall–Kier alpha value is -2.81. The first-order chi connectivity index (χ1) is 10.6. The molecule has 114 valence electrons. The Kier molecular flexibility index (Phi) is 5.15. The first-order valence-corrected chi connectivity index (χ1v) is 7.03. The van der Waals surface area contributed by atoms with Gasteiger partial charge in [0.2, 0.25) is 0 Å². The minimum Gasteiger partial charge on any atom is -0.481 e. The highest BCUT2D eigenvalue weighted by atomic mass is 16.5. The minimum atomic E-state index is -0.618. The summed E-state index contributed by atoms with van der Waals surface area (Å²) in [6.45, 7) is 4.20. The summed E-state index contributed by atoms with van der Waals surface area (Å²) in [4.78, 5) is 12.1. The fraction of sp³-hybridized carbons (Fsp3) is 0.312. The molecule has 0 aliphatic carbocycles. The molecule has 0 aliphatic rings. The molecular weight excluding hydrogens is 280 g/mol. The topological polar surface area (TPSA) is 79.9 Å². The molecular formula is C16H18N4O2. The van der Waals surface area contributed by atoms with Crippen molar-refractivity contribution < 1.29 is 9.53 Å². The first-order valence-electron chi connectivity index (χ1n) is 7.03. The molecule has 1 aromatic carbocycles. The van der Waals surface area contributed by atoms with Gasteiger partial charge in [-0.15, -0.1) is 0 Å². The summed E-state index contributed by atoms with van der Waals surface area (Å²) in [5.41, 5.74) is 0.553. The molecule has 0 unspecified atom stereocenters. The number of hydrogen-bond donors (Lipinski definition) is 1. The summed E-state index contributed by atoms with van der Waals surface area (Å²) in [5, 5.41) is 15.7. The third-order valence-corrected chi connectivity index (χ3v) is 3.07. The van der Waals surface area contributed by atoms with Crippen molar-refractivity contribution in [3.05, 3.63) is 48.3 Å². The molecule has 6 heteroatoms. The molecule has 2 rings (SSSR count). The fourth-order valence-electron chi connectivity index (χ4n) is 1.96. The number of aromatic nitrogens is 2. The molecule has 6 nitrogen and oxygen atoms in total. The highest BCUT2D eigenvalue weighted by Gasteiger charge is 2.17. The minimum absolute atomic E-state index is 0.0561. The van der Waals surface area contributed by atoms with Crippen molar-refractivity contribution in [3.8, 4) is 11.8 Å². The maximum absolute atomic E-state index is 12.1. The van der Waals surface area contributed by atoms with E-state index in [-0.39, 0.29) is 11.9 Å². The van der Waals surface area contributed by atoms with Crippen molar-refractivity contribution in [2.75, 3.05) is 0 Å². The molecule has 0 saturated heterocycles. The standard InChI is InChI=1S/C16H18N4O2/c1-12(11-20-9-3-8-18-20)19-16(21)13(2)22-15-6-4-14(10-17)5-7-15/h3-9,12-13H,11H2,1-2H3,(H,19,21)/t12-,13+/m0/s1. The quantitative estimate of drug-likeness (QED) is 0.880. The van der Waals surface area contributed by atoms with Gasteiger partial charge in [0.05, 0.1) is 18.2 Å². The summed E-state index contributed by atoms with van der Waals surface area (Å²) in [7, 11) is 0. The monoisotopic (exact) mass is 298 g/mol. The van der Waals surface area contributed by atoms with Gasteiger partial charge in [0.15, 0.2) is 6.10 Å². The second-order valence-corrected chi connectivity index (χ2v) is 5.03. The molecule has 2 aromatic rings. The number of carbonyl (C=O) groups is 1. The van der Waals surface area contributed by atoms with E-state index in [0.29, 0.717) is 17.9 Å². The third kappa shape index (κ3) is 4.35. The van der Waals surface area contributed by atoms with E-state index in [1.165, 1.54) is 0 Å². The van der Waals surface area contributed by atoms with Gasteiger partial charge in [-0.3, -0.25) is 9.48 Å². The Morgan fingerprint density at radius 2 is 2.14 bits per heavy atom. The molecule has 0 fully saturated rings. The summed E-state index contributed by atoms with van der Waals surface area (Å²) in [5.74, 6) is 0.366. The molecule has 0 spiro atoms. The molecule has 2 atom stereocenters. The smallest absolute Gasteiger partial charge is 0.261 e. The summed E-state index contributed by atoms with van der Waals surface area (Å²) >= 11 is 0. The number of nitrogens with zero attached hydrogens (tertiary/aromatic N) is 3. The van der Waals surface area contributed by atoms with E-state index in [1.807, 2.05) is 25.3 Å². The van der Waals surface area contributed by atoms with Gasteiger partial charge in [0.1, 0.15) is 5.75 Å². The van der Waals surface area contributed by atoms with E-state index >= 15 is 0 Å². The summed E-state index contributed by atoms with van der Waals surface area (Å²) < 4.78 is 7.33. The Labute approximate surface area is 129 Å². The lowest BCUT2D eigenvalue weighted by Crippen LogP contribution is -2.43. The fourth-order valence-corrected chi connectivity index (χ4v) is 1.96. The zero-order valence-corrected chi connectivity index (χ0v) is 12.6. The van der Waals surface area contributed by atoms with Crippen LogP contribution in [0.15, 0.2) is 42.7 Å². The lowest BCUT2D eigenvalue weighted by Gasteiger charge is -2.18. The molecule has 1 amide bonds. The van der Waals surface area contributed by atoms with E-state index < -0.39 is 6.10 Å². The van der Waals surface area contributed by atoms with Crippen LogP contribution in [-0.2, 0) is 11.3 Å². The van der Waals surface area contributed by atoms with Crippen molar-refractivity contribution in [2.24, 2.45) is 0 Å². The van der Waals surface area contributed by atoms with Crippen molar-refractivity contribution in [3.63, 3.8) is 0 Å². The number of ether oxygens (including phenoxy) is 1. The van der Waals surface area contributed by atoms with Crippen molar-refractivity contribution >= 4 is 5.91 Å². The van der Waals surface area contributed by atoms with Crippen molar-refractivity contribution in [1.82, 2.24) is 15.1 Å². The van der Waals surface area contributed by atoms with E-state index in [4.69, 9.17) is 10.00 Å². The average Bonchev–Trinajstić information content (AvgIpc) is 3.00. The van der Waals surface area contributed by atoms with Crippen LogP contribution < -0.4 is 10.1 Å². The van der Waals surface area contributed by atoms with Crippen LogP contribution in [0.2, 0.25) is 0 Å². The maximum Gasteiger partial charge on any atom is 0.261 e. The van der Waals surface area contributed by atoms with Crippen LogP contribution in [0, 0.1) is 11.3 Å². The van der Waals surface area contributed by atoms with Gasteiger partial charge in [0, 0.05) is 18.4 Å². The molecule has 0 radical (unpaired) electrons. The van der Waals surface area contributed by atoms with Crippen LogP contribution in [-0.4, -0.2) is 27.8 Å².